The van der Waals surface area contributed by atoms with Crippen LogP contribution >= 0.6 is 11.8 Å². The number of nitrogens with zero attached hydrogens (tertiary/aromatic N) is 1. The highest BCUT2D eigenvalue weighted by atomic mass is 32.2. The van der Waals surface area contributed by atoms with Crippen LogP contribution in [0.1, 0.15) is 6.92 Å². The molecule has 3 aromatic carbocycles. The van der Waals surface area contributed by atoms with Crippen molar-refractivity contribution in [3.63, 3.8) is 0 Å². The smallest absolute Gasteiger partial charge is 0.310 e. The minimum absolute atomic E-state index is 0.0575. The number of nitro groups is 1. The fraction of sp³-hybridized carbons (Fsp3) is 0.0952. The van der Waals surface area contributed by atoms with Gasteiger partial charge in [-0.15, -0.1) is 0 Å². The number of nitro benzene ring substituents is 1. The molecule has 28 heavy (non-hydrogen) atoms. The number of nitrogens with one attached hydrogen (secondary N) is 1. The molecule has 1 amide bonds. The van der Waals surface area contributed by atoms with Gasteiger partial charge >= 0.3 is 5.69 Å². The van der Waals surface area contributed by atoms with E-state index in [0.717, 1.165) is 9.79 Å². The van der Waals surface area contributed by atoms with E-state index in [1.807, 2.05) is 48.5 Å². The number of rotatable bonds is 7. The predicted octanol–water partition coefficient (Wildman–Crippen LogP) is 5.15. The molecule has 0 radical (unpaired) electrons. The topological polar surface area (TPSA) is 81.5 Å². The first-order valence-corrected chi connectivity index (χ1v) is 9.39. The summed E-state index contributed by atoms with van der Waals surface area (Å²) in [6.45, 7) is 1.55. The second-order valence-electron chi connectivity index (χ2n) is 5.89. The quantitative estimate of drug-likeness (QED) is 0.443. The van der Waals surface area contributed by atoms with Crippen molar-refractivity contribution in [3.05, 3.63) is 89.0 Å². The molecular formula is C21H18N2O4S. The van der Waals surface area contributed by atoms with Crippen LogP contribution in [0.3, 0.4) is 0 Å². The first-order valence-electron chi connectivity index (χ1n) is 8.57. The summed E-state index contributed by atoms with van der Waals surface area (Å²) >= 11 is 1.53. The molecule has 0 heterocycles. The molecule has 0 aliphatic rings. The molecule has 0 aliphatic heterocycles. The van der Waals surface area contributed by atoms with Crippen molar-refractivity contribution >= 4 is 29.0 Å². The van der Waals surface area contributed by atoms with Crippen LogP contribution in [0.2, 0.25) is 0 Å². The van der Waals surface area contributed by atoms with E-state index >= 15 is 0 Å². The standard InChI is InChI=1S/C21H18N2O4S/c1-15(27-19-13-7-6-12-18(19)23(25)26)21(24)22-17-11-5-8-14-20(17)28-16-9-3-2-4-10-16/h2-15H,1H3,(H,22,24). The first-order chi connectivity index (χ1) is 13.5. The van der Waals surface area contributed by atoms with Gasteiger partial charge < -0.3 is 10.1 Å². The zero-order valence-corrected chi connectivity index (χ0v) is 15.9. The third-order valence-electron chi connectivity index (χ3n) is 3.85. The summed E-state index contributed by atoms with van der Waals surface area (Å²) in [7, 11) is 0. The highest BCUT2D eigenvalue weighted by molar-refractivity contribution is 7.99. The summed E-state index contributed by atoms with van der Waals surface area (Å²) in [5.41, 5.74) is 0.474. The monoisotopic (exact) mass is 394 g/mol. The average molecular weight is 394 g/mol. The van der Waals surface area contributed by atoms with Crippen LogP contribution in [0.15, 0.2) is 88.7 Å². The van der Waals surface area contributed by atoms with Gasteiger partial charge in [0, 0.05) is 15.9 Å². The number of para-hydroxylation sites is 3. The lowest BCUT2D eigenvalue weighted by Crippen LogP contribution is -2.30. The van der Waals surface area contributed by atoms with Gasteiger partial charge in [-0.05, 0) is 37.3 Å². The number of carbonyl (C=O) groups excluding carboxylic acids is 1. The minimum Gasteiger partial charge on any atom is -0.474 e. The second kappa shape index (κ2) is 9.05. The van der Waals surface area contributed by atoms with Crippen molar-refractivity contribution in [1.82, 2.24) is 0 Å². The molecular weight excluding hydrogens is 376 g/mol. The molecule has 3 rings (SSSR count). The summed E-state index contributed by atoms with van der Waals surface area (Å²) in [6.07, 6.45) is -0.907. The molecule has 0 aromatic heterocycles. The molecule has 0 aliphatic carbocycles. The predicted molar refractivity (Wildman–Crippen MR) is 109 cm³/mol. The Morgan fingerprint density at radius 1 is 1.00 bits per heavy atom. The lowest BCUT2D eigenvalue weighted by atomic mass is 10.2. The van der Waals surface area contributed by atoms with Gasteiger partial charge in [0.05, 0.1) is 10.6 Å². The molecule has 0 saturated heterocycles. The third kappa shape index (κ3) is 4.89. The van der Waals surface area contributed by atoms with Gasteiger partial charge in [-0.25, -0.2) is 0 Å². The summed E-state index contributed by atoms with van der Waals surface area (Å²) in [5.74, 6) is -0.332. The molecule has 142 valence electrons. The lowest BCUT2D eigenvalue weighted by molar-refractivity contribution is -0.386. The highest BCUT2D eigenvalue weighted by Gasteiger charge is 2.21. The van der Waals surface area contributed by atoms with Crippen molar-refractivity contribution in [2.45, 2.75) is 22.8 Å². The summed E-state index contributed by atoms with van der Waals surface area (Å²) < 4.78 is 5.54. The van der Waals surface area contributed by atoms with Gasteiger partial charge in [0.2, 0.25) is 0 Å². The van der Waals surface area contributed by atoms with Crippen LogP contribution in [0.4, 0.5) is 11.4 Å². The van der Waals surface area contributed by atoms with E-state index in [2.05, 4.69) is 5.32 Å². The Morgan fingerprint density at radius 2 is 1.64 bits per heavy atom. The van der Waals surface area contributed by atoms with Gasteiger partial charge in [0.1, 0.15) is 0 Å². The number of ether oxygens (including phenoxy) is 1. The first kappa shape index (κ1) is 19.4. The zero-order chi connectivity index (χ0) is 19.9. The molecule has 1 N–H and O–H groups in total. The fourth-order valence-electron chi connectivity index (χ4n) is 2.46. The average Bonchev–Trinajstić information content (AvgIpc) is 2.70. The van der Waals surface area contributed by atoms with Crippen LogP contribution in [0.5, 0.6) is 5.75 Å². The summed E-state index contributed by atoms with van der Waals surface area (Å²) in [4.78, 5) is 25.1. The number of hydrogen-bond donors (Lipinski definition) is 1. The van der Waals surface area contributed by atoms with E-state index in [1.165, 1.54) is 23.9 Å². The van der Waals surface area contributed by atoms with E-state index < -0.39 is 11.0 Å². The molecule has 3 aromatic rings. The maximum Gasteiger partial charge on any atom is 0.310 e. The largest absolute Gasteiger partial charge is 0.474 e. The molecule has 1 atom stereocenters. The number of anilines is 1. The Kier molecular flexibility index (Phi) is 6.29. The Balaban J connectivity index is 1.72. The molecule has 1 unspecified atom stereocenters. The summed E-state index contributed by atoms with van der Waals surface area (Å²) in [6, 6.07) is 23.3. The van der Waals surface area contributed by atoms with Gasteiger partial charge in [0.25, 0.3) is 5.91 Å². The maximum atomic E-state index is 12.6. The molecule has 0 bridgehead atoms. The van der Waals surface area contributed by atoms with E-state index in [4.69, 9.17) is 4.74 Å². The normalized spacial score (nSPS) is 11.5. The Morgan fingerprint density at radius 3 is 2.39 bits per heavy atom. The van der Waals surface area contributed by atoms with E-state index in [0.29, 0.717) is 5.69 Å². The van der Waals surface area contributed by atoms with Crippen LogP contribution in [0.25, 0.3) is 0 Å². The van der Waals surface area contributed by atoms with Gasteiger partial charge in [0.15, 0.2) is 11.9 Å². The fourth-order valence-corrected chi connectivity index (χ4v) is 3.38. The molecule has 0 fully saturated rings. The molecule has 0 saturated carbocycles. The minimum atomic E-state index is -0.907. The Hall–Kier alpha value is -3.32. The number of benzene rings is 3. The van der Waals surface area contributed by atoms with Gasteiger partial charge in [-0.2, -0.15) is 0 Å². The van der Waals surface area contributed by atoms with Crippen LogP contribution in [-0.2, 0) is 4.79 Å². The van der Waals surface area contributed by atoms with Crippen LogP contribution < -0.4 is 10.1 Å². The molecule has 7 heteroatoms. The zero-order valence-electron chi connectivity index (χ0n) is 15.1. The van der Waals surface area contributed by atoms with Crippen LogP contribution in [0, 0.1) is 10.1 Å². The van der Waals surface area contributed by atoms with Gasteiger partial charge in [-0.3, -0.25) is 14.9 Å². The van der Waals surface area contributed by atoms with Crippen molar-refractivity contribution in [1.29, 1.82) is 0 Å². The van der Waals surface area contributed by atoms with E-state index in [-0.39, 0.29) is 17.3 Å². The van der Waals surface area contributed by atoms with Crippen molar-refractivity contribution in [2.24, 2.45) is 0 Å². The highest BCUT2D eigenvalue weighted by Crippen LogP contribution is 2.33. The SMILES string of the molecule is CC(Oc1ccccc1[N+](=O)[O-])C(=O)Nc1ccccc1Sc1ccccc1. The Labute approximate surface area is 166 Å². The van der Waals surface area contributed by atoms with Crippen molar-refractivity contribution in [3.8, 4) is 5.75 Å². The lowest BCUT2D eigenvalue weighted by Gasteiger charge is -2.16. The van der Waals surface area contributed by atoms with E-state index in [9.17, 15) is 14.9 Å². The molecule has 6 nitrogen and oxygen atoms in total. The van der Waals surface area contributed by atoms with Crippen LogP contribution in [-0.4, -0.2) is 16.9 Å². The van der Waals surface area contributed by atoms with E-state index in [1.54, 1.807) is 25.1 Å². The van der Waals surface area contributed by atoms with Gasteiger partial charge in [-0.1, -0.05) is 54.2 Å². The van der Waals surface area contributed by atoms with Crippen molar-refractivity contribution < 1.29 is 14.5 Å². The number of carbonyl (C=O) groups is 1. The maximum absolute atomic E-state index is 12.6. The number of amides is 1. The van der Waals surface area contributed by atoms with Crippen molar-refractivity contribution in [2.75, 3.05) is 5.32 Å². The Bertz CT molecular complexity index is 979. The third-order valence-corrected chi connectivity index (χ3v) is 4.93. The number of hydrogen-bond acceptors (Lipinski definition) is 5. The second-order valence-corrected chi connectivity index (χ2v) is 7.00. The summed E-state index contributed by atoms with van der Waals surface area (Å²) in [5, 5.41) is 13.9. The molecule has 0 spiro atoms.